The van der Waals surface area contributed by atoms with Crippen molar-refractivity contribution in [3.8, 4) is 11.1 Å². The fourth-order valence-corrected chi connectivity index (χ4v) is 5.79. The predicted molar refractivity (Wildman–Crippen MR) is 166 cm³/mol. The molecule has 13 heteroatoms. The monoisotopic (exact) mass is 647 g/mol. The first-order valence-corrected chi connectivity index (χ1v) is 15.2. The summed E-state index contributed by atoms with van der Waals surface area (Å²) in [6.07, 6.45) is -9.20. The standard InChI is InChI=1S/C34H37N3O10/c35-32(42)31-30(41)29(40)28(39)26(47-31)16-36-27(38)15-14-25(33(43)45-17-19-8-2-1-3-9-19)37-34(44)46-18-24-22-12-6-4-10-20(22)21-11-5-7-13-23(21)24/h1-13,24-26,28-31,39-41H,14-18H2,(H2,35,42)(H,36,38)(H,37,44)/t25-,26-,28-,29+,30-,31-/m0/s1. The van der Waals surface area contributed by atoms with E-state index in [4.69, 9.17) is 19.9 Å². The van der Waals surface area contributed by atoms with Crippen molar-refractivity contribution in [2.75, 3.05) is 13.2 Å². The van der Waals surface area contributed by atoms with Gasteiger partial charge in [-0.15, -0.1) is 0 Å². The Bertz CT molecular complexity index is 1540. The third-order valence-corrected chi connectivity index (χ3v) is 8.30. The molecule has 5 rings (SSSR count). The molecule has 1 aliphatic carbocycles. The maximum atomic E-state index is 13.1. The number of primary amides is 1. The van der Waals surface area contributed by atoms with Gasteiger partial charge in [-0.25, -0.2) is 9.59 Å². The van der Waals surface area contributed by atoms with Crippen molar-refractivity contribution in [2.24, 2.45) is 5.73 Å². The zero-order valence-electron chi connectivity index (χ0n) is 25.4. The Morgan fingerprint density at radius 2 is 1.43 bits per heavy atom. The summed E-state index contributed by atoms with van der Waals surface area (Å²) in [4.78, 5) is 50.4. The fourth-order valence-electron chi connectivity index (χ4n) is 5.79. The van der Waals surface area contributed by atoms with E-state index in [1.165, 1.54) is 0 Å². The average Bonchev–Trinajstić information content (AvgIpc) is 3.40. The van der Waals surface area contributed by atoms with Gasteiger partial charge in [0.15, 0.2) is 6.10 Å². The maximum Gasteiger partial charge on any atom is 0.407 e. The number of alkyl carbamates (subject to hydrolysis) is 1. The number of carbonyl (C=O) groups excluding carboxylic acids is 4. The van der Waals surface area contributed by atoms with Gasteiger partial charge in [0.1, 0.15) is 43.7 Å². The Morgan fingerprint density at radius 3 is 2.06 bits per heavy atom. The molecule has 0 bridgehead atoms. The number of hydrogen-bond acceptors (Lipinski definition) is 10. The van der Waals surface area contributed by atoms with Gasteiger partial charge in [-0.3, -0.25) is 9.59 Å². The van der Waals surface area contributed by atoms with Gasteiger partial charge < -0.3 is 45.9 Å². The molecule has 3 amide bonds. The Morgan fingerprint density at radius 1 is 0.809 bits per heavy atom. The number of benzene rings is 3. The minimum atomic E-state index is -1.74. The lowest BCUT2D eigenvalue weighted by Crippen LogP contribution is -2.62. The van der Waals surface area contributed by atoms with Gasteiger partial charge in [0.05, 0.1) is 0 Å². The molecule has 13 nitrogen and oxygen atoms in total. The van der Waals surface area contributed by atoms with Crippen molar-refractivity contribution >= 4 is 23.9 Å². The Labute approximate surface area is 270 Å². The third kappa shape index (κ3) is 7.95. The van der Waals surface area contributed by atoms with Crippen LogP contribution in [0.5, 0.6) is 0 Å². The number of carbonyl (C=O) groups is 4. The van der Waals surface area contributed by atoms with Crippen LogP contribution in [0, 0.1) is 0 Å². The number of nitrogens with one attached hydrogen (secondary N) is 2. The summed E-state index contributed by atoms with van der Waals surface area (Å²) in [5.74, 6) is -2.61. The molecule has 2 aliphatic rings. The van der Waals surface area contributed by atoms with E-state index in [9.17, 15) is 34.5 Å². The van der Waals surface area contributed by atoms with Crippen LogP contribution in [0.3, 0.4) is 0 Å². The van der Waals surface area contributed by atoms with Crippen molar-refractivity contribution in [3.05, 3.63) is 95.6 Å². The summed E-state index contributed by atoms with van der Waals surface area (Å²) in [6.45, 7) is -0.375. The second-order valence-electron chi connectivity index (χ2n) is 11.4. The lowest BCUT2D eigenvalue weighted by molar-refractivity contribution is -0.217. The van der Waals surface area contributed by atoms with Crippen LogP contribution in [-0.4, -0.2) is 88.9 Å². The maximum absolute atomic E-state index is 13.1. The highest BCUT2D eigenvalue weighted by atomic mass is 16.6. The van der Waals surface area contributed by atoms with Crippen molar-refractivity contribution in [1.29, 1.82) is 0 Å². The van der Waals surface area contributed by atoms with E-state index >= 15 is 0 Å². The van der Waals surface area contributed by atoms with Gasteiger partial charge in [-0.2, -0.15) is 0 Å². The fraction of sp³-hybridized carbons (Fsp3) is 0.353. The number of rotatable bonds is 12. The van der Waals surface area contributed by atoms with Crippen molar-refractivity contribution in [3.63, 3.8) is 0 Å². The van der Waals surface area contributed by atoms with Gasteiger partial charge in [0.2, 0.25) is 11.8 Å². The highest BCUT2D eigenvalue weighted by Gasteiger charge is 2.46. The van der Waals surface area contributed by atoms with E-state index in [-0.39, 0.29) is 38.5 Å². The highest BCUT2D eigenvalue weighted by molar-refractivity contribution is 5.83. The lowest BCUT2D eigenvalue weighted by atomic mass is 9.94. The molecule has 1 aliphatic heterocycles. The molecule has 248 valence electrons. The first-order chi connectivity index (χ1) is 22.6. The molecule has 0 spiro atoms. The Kier molecular flexibility index (Phi) is 10.8. The molecule has 1 saturated heterocycles. The molecule has 1 fully saturated rings. The van der Waals surface area contributed by atoms with Crippen LogP contribution in [0.15, 0.2) is 78.9 Å². The van der Waals surface area contributed by atoms with Crippen molar-refractivity contribution < 1.29 is 48.7 Å². The van der Waals surface area contributed by atoms with Crippen LogP contribution in [0.2, 0.25) is 0 Å². The summed E-state index contributed by atoms with van der Waals surface area (Å²) in [5.41, 5.74) is 10.1. The number of nitrogens with two attached hydrogens (primary N) is 1. The first-order valence-electron chi connectivity index (χ1n) is 15.2. The highest BCUT2D eigenvalue weighted by Crippen LogP contribution is 2.44. The van der Waals surface area contributed by atoms with Crippen LogP contribution in [0.25, 0.3) is 11.1 Å². The Hall–Kier alpha value is -4.82. The zero-order valence-corrected chi connectivity index (χ0v) is 25.4. The first kappa shape index (κ1) is 33.5. The van der Waals surface area contributed by atoms with Crippen molar-refractivity contribution in [1.82, 2.24) is 10.6 Å². The molecule has 0 saturated carbocycles. The van der Waals surface area contributed by atoms with Crippen LogP contribution in [0.4, 0.5) is 4.79 Å². The third-order valence-electron chi connectivity index (χ3n) is 8.30. The Balaban J connectivity index is 1.19. The van der Waals surface area contributed by atoms with E-state index in [1.54, 1.807) is 24.3 Å². The molecule has 3 aromatic rings. The van der Waals surface area contributed by atoms with Gasteiger partial charge in [-0.1, -0.05) is 78.9 Å². The molecule has 7 N–H and O–H groups in total. The van der Waals surface area contributed by atoms with E-state index in [1.807, 2.05) is 54.6 Å². The summed E-state index contributed by atoms with van der Waals surface area (Å²) in [5, 5.41) is 35.3. The largest absolute Gasteiger partial charge is 0.459 e. The van der Waals surface area contributed by atoms with Crippen molar-refractivity contribution in [2.45, 2.75) is 61.9 Å². The van der Waals surface area contributed by atoms with E-state index in [0.29, 0.717) is 0 Å². The minimum Gasteiger partial charge on any atom is -0.459 e. The number of ether oxygens (including phenoxy) is 3. The van der Waals surface area contributed by atoms with Crippen LogP contribution < -0.4 is 16.4 Å². The number of amides is 3. The number of aliphatic hydroxyl groups excluding tert-OH is 3. The van der Waals surface area contributed by atoms with Gasteiger partial charge in [-0.05, 0) is 34.2 Å². The topological polar surface area (TPSA) is 207 Å². The average molecular weight is 648 g/mol. The second-order valence-corrected chi connectivity index (χ2v) is 11.4. The zero-order chi connectivity index (χ0) is 33.5. The molecule has 47 heavy (non-hydrogen) atoms. The minimum absolute atomic E-state index is 0.0166. The van der Waals surface area contributed by atoms with Gasteiger partial charge >= 0.3 is 12.1 Å². The predicted octanol–water partition coefficient (Wildman–Crippen LogP) is 0.869. The van der Waals surface area contributed by atoms with Gasteiger partial charge in [0, 0.05) is 18.9 Å². The number of hydrogen-bond donors (Lipinski definition) is 6. The van der Waals surface area contributed by atoms with E-state index < -0.39 is 60.4 Å². The molecule has 1 heterocycles. The quantitative estimate of drug-likeness (QED) is 0.153. The summed E-state index contributed by atoms with van der Waals surface area (Å²) < 4.78 is 16.3. The van der Waals surface area contributed by atoms with E-state index in [0.717, 1.165) is 27.8 Å². The summed E-state index contributed by atoms with van der Waals surface area (Å²) in [7, 11) is 0. The SMILES string of the molecule is NC(=O)[C@H]1O[C@@H](CNC(=O)CC[C@H](NC(=O)OCC2c3ccccc3-c3ccccc32)C(=O)OCc2ccccc2)[C@H](O)[C@@H](O)[C@@H]1O. The molecular formula is C34H37N3O10. The lowest BCUT2D eigenvalue weighted by Gasteiger charge is -2.39. The number of esters is 1. The normalized spacial score (nSPS) is 22.3. The number of fused-ring (bicyclic) bond motifs is 3. The molecule has 0 radical (unpaired) electrons. The molecule has 3 aromatic carbocycles. The molecule has 6 atom stereocenters. The van der Waals surface area contributed by atoms with E-state index in [2.05, 4.69) is 10.6 Å². The van der Waals surface area contributed by atoms with Crippen LogP contribution in [0.1, 0.15) is 35.4 Å². The van der Waals surface area contributed by atoms with Crippen LogP contribution >= 0.6 is 0 Å². The summed E-state index contributed by atoms with van der Waals surface area (Å²) >= 11 is 0. The molecular weight excluding hydrogens is 610 g/mol. The van der Waals surface area contributed by atoms with Gasteiger partial charge in [0.25, 0.3) is 0 Å². The molecule has 0 aromatic heterocycles. The molecule has 0 unspecified atom stereocenters. The smallest absolute Gasteiger partial charge is 0.407 e. The second kappa shape index (κ2) is 15.2. The number of aliphatic hydroxyl groups is 3. The van der Waals surface area contributed by atoms with Crippen LogP contribution in [-0.2, 0) is 35.2 Å². The summed E-state index contributed by atoms with van der Waals surface area (Å²) in [6, 6.07) is 23.4.